The SMILES string of the molecule is CC(O)CN=C(N)NCC1CCCO1.I. The fourth-order valence-corrected chi connectivity index (χ4v) is 1.31. The van der Waals surface area contributed by atoms with Crippen molar-refractivity contribution in [1.29, 1.82) is 0 Å². The van der Waals surface area contributed by atoms with Crippen molar-refractivity contribution in [2.45, 2.75) is 32.0 Å². The highest BCUT2D eigenvalue weighted by molar-refractivity contribution is 14.0. The number of rotatable bonds is 4. The fourth-order valence-electron chi connectivity index (χ4n) is 1.31. The van der Waals surface area contributed by atoms with Gasteiger partial charge in [0, 0.05) is 13.2 Å². The molecule has 1 rings (SSSR count). The van der Waals surface area contributed by atoms with Crippen LogP contribution in [0.15, 0.2) is 4.99 Å². The van der Waals surface area contributed by atoms with E-state index in [1.807, 2.05) is 0 Å². The largest absolute Gasteiger partial charge is 0.391 e. The Balaban J connectivity index is 0.00000196. The van der Waals surface area contributed by atoms with Crippen LogP contribution < -0.4 is 11.1 Å². The molecule has 1 aliphatic rings. The van der Waals surface area contributed by atoms with E-state index in [4.69, 9.17) is 15.6 Å². The van der Waals surface area contributed by atoms with Crippen molar-refractivity contribution in [2.24, 2.45) is 10.7 Å². The summed E-state index contributed by atoms with van der Waals surface area (Å²) in [6, 6.07) is 0. The zero-order chi connectivity index (χ0) is 10.4. The Hall–Kier alpha value is -0.0800. The molecule has 15 heavy (non-hydrogen) atoms. The number of nitrogens with two attached hydrogens (primary N) is 1. The molecule has 0 spiro atoms. The van der Waals surface area contributed by atoms with Gasteiger partial charge in [-0.1, -0.05) is 0 Å². The highest BCUT2D eigenvalue weighted by Crippen LogP contribution is 2.10. The first-order valence-electron chi connectivity index (χ1n) is 5.02. The van der Waals surface area contributed by atoms with Gasteiger partial charge in [0.15, 0.2) is 5.96 Å². The Morgan fingerprint density at radius 1 is 1.73 bits per heavy atom. The molecule has 5 nitrogen and oxygen atoms in total. The maximum Gasteiger partial charge on any atom is 0.188 e. The van der Waals surface area contributed by atoms with E-state index in [0.717, 1.165) is 19.4 Å². The monoisotopic (exact) mass is 329 g/mol. The van der Waals surface area contributed by atoms with Crippen LogP contribution in [0.3, 0.4) is 0 Å². The zero-order valence-electron chi connectivity index (χ0n) is 8.98. The predicted octanol–water partition coefficient (Wildman–Crippen LogP) is 0.0685. The number of aliphatic imine (C=N–C) groups is 1. The lowest BCUT2D eigenvalue weighted by Crippen LogP contribution is -2.37. The summed E-state index contributed by atoms with van der Waals surface area (Å²) in [7, 11) is 0. The van der Waals surface area contributed by atoms with Crippen molar-refractivity contribution >= 4 is 29.9 Å². The smallest absolute Gasteiger partial charge is 0.188 e. The minimum atomic E-state index is -0.446. The van der Waals surface area contributed by atoms with Gasteiger partial charge in [0.2, 0.25) is 0 Å². The maximum absolute atomic E-state index is 8.97. The molecule has 6 heteroatoms. The van der Waals surface area contributed by atoms with Crippen LogP contribution in [-0.2, 0) is 4.74 Å². The molecule has 1 aliphatic heterocycles. The number of hydrogen-bond donors (Lipinski definition) is 3. The van der Waals surface area contributed by atoms with Crippen LogP contribution in [0.25, 0.3) is 0 Å². The molecule has 0 aromatic carbocycles. The summed E-state index contributed by atoms with van der Waals surface area (Å²) < 4.78 is 5.41. The van der Waals surface area contributed by atoms with Crippen molar-refractivity contribution < 1.29 is 9.84 Å². The van der Waals surface area contributed by atoms with Gasteiger partial charge in [0.25, 0.3) is 0 Å². The third kappa shape index (κ3) is 6.91. The minimum Gasteiger partial charge on any atom is -0.391 e. The van der Waals surface area contributed by atoms with Crippen LogP contribution in [0.4, 0.5) is 0 Å². The van der Waals surface area contributed by atoms with Gasteiger partial charge >= 0.3 is 0 Å². The molecular formula is C9H20IN3O2. The van der Waals surface area contributed by atoms with Gasteiger partial charge in [0.1, 0.15) is 0 Å². The van der Waals surface area contributed by atoms with Gasteiger partial charge in [-0.2, -0.15) is 0 Å². The van der Waals surface area contributed by atoms with Crippen molar-refractivity contribution in [3.8, 4) is 0 Å². The van der Waals surface area contributed by atoms with E-state index in [2.05, 4.69) is 10.3 Å². The third-order valence-electron chi connectivity index (χ3n) is 2.06. The molecular weight excluding hydrogens is 309 g/mol. The Bertz CT molecular complexity index is 194. The minimum absolute atomic E-state index is 0. The van der Waals surface area contributed by atoms with Gasteiger partial charge in [-0.3, -0.25) is 4.99 Å². The number of aliphatic hydroxyl groups is 1. The van der Waals surface area contributed by atoms with Crippen molar-refractivity contribution in [3.63, 3.8) is 0 Å². The zero-order valence-corrected chi connectivity index (χ0v) is 11.3. The molecule has 0 bridgehead atoms. The van der Waals surface area contributed by atoms with E-state index >= 15 is 0 Å². The summed E-state index contributed by atoms with van der Waals surface area (Å²) in [6.45, 7) is 3.56. The first-order chi connectivity index (χ1) is 6.68. The lowest BCUT2D eigenvalue weighted by Gasteiger charge is -2.11. The average molecular weight is 329 g/mol. The summed E-state index contributed by atoms with van der Waals surface area (Å²) in [6.07, 6.45) is 2.02. The maximum atomic E-state index is 8.97. The van der Waals surface area contributed by atoms with Gasteiger partial charge in [-0.15, -0.1) is 24.0 Å². The lowest BCUT2D eigenvalue weighted by molar-refractivity contribution is 0.114. The summed E-state index contributed by atoms with van der Waals surface area (Å²) in [5.41, 5.74) is 5.57. The molecule has 1 fully saturated rings. The first kappa shape index (κ1) is 14.9. The fraction of sp³-hybridized carbons (Fsp3) is 0.889. The highest BCUT2D eigenvalue weighted by Gasteiger charge is 2.14. The second kappa shape index (κ2) is 8.12. The Morgan fingerprint density at radius 2 is 2.47 bits per heavy atom. The number of halogens is 1. The summed E-state index contributed by atoms with van der Waals surface area (Å²) in [5, 5.41) is 11.9. The molecule has 1 heterocycles. The van der Waals surface area contributed by atoms with Crippen molar-refractivity contribution in [1.82, 2.24) is 5.32 Å². The quantitative estimate of drug-likeness (QED) is 0.387. The molecule has 0 saturated carbocycles. The van der Waals surface area contributed by atoms with E-state index in [9.17, 15) is 0 Å². The standard InChI is InChI=1S/C9H19N3O2.HI/c1-7(13)5-11-9(10)12-6-8-3-2-4-14-8;/h7-8,13H,2-6H2,1H3,(H3,10,11,12);1H. The van der Waals surface area contributed by atoms with Crippen LogP contribution in [0.1, 0.15) is 19.8 Å². The van der Waals surface area contributed by atoms with Gasteiger partial charge in [-0.25, -0.2) is 0 Å². The van der Waals surface area contributed by atoms with Gasteiger partial charge in [-0.05, 0) is 19.8 Å². The number of guanidine groups is 1. The molecule has 2 unspecified atom stereocenters. The van der Waals surface area contributed by atoms with Crippen LogP contribution in [-0.4, -0.2) is 43.0 Å². The van der Waals surface area contributed by atoms with E-state index in [1.54, 1.807) is 6.92 Å². The lowest BCUT2D eigenvalue weighted by atomic mass is 10.2. The molecule has 2 atom stereocenters. The topological polar surface area (TPSA) is 79.9 Å². The summed E-state index contributed by atoms with van der Waals surface area (Å²) in [4.78, 5) is 3.96. The normalized spacial score (nSPS) is 23.3. The second-order valence-electron chi connectivity index (χ2n) is 3.59. The van der Waals surface area contributed by atoms with Crippen LogP contribution >= 0.6 is 24.0 Å². The van der Waals surface area contributed by atoms with Crippen molar-refractivity contribution in [3.05, 3.63) is 0 Å². The van der Waals surface area contributed by atoms with Gasteiger partial charge in [0.05, 0.1) is 18.8 Å². The Labute approximate surface area is 107 Å². The summed E-state index contributed by atoms with van der Waals surface area (Å²) in [5.74, 6) is 0.376. The molecule has 0 amide bonds. The summed E-state index contributed by atoms with van der Waals surface area (Å²) >= 11 is 0. The van der Waals surface area contributed by atoms with Gasteiger partial charge < -0.3 is 20.9 Å². The van der Waals surface area contributed by atoms with E-state index in [0.29, 0.717) is 19.0 Å². The number of ether oxygens (including phenoxy) is 1. The van der Waals surface area contributed by atoms with E-state index in [-0.39, 0.29) is 30.1 Å². The van der Waals surface area contributed by atoms with Crippen LogP contribution in [0.5, 0.6) is 0 Å². The van der Waals surface area contributed by atoms with E-state index < -0.39 is 6.10 Å². The molecule has 90 valence electrons. The molecule has 0 aliphatic carbocycles. The first-order valence-corrected chi connectivity index (χ1v) is 5.02. The molecule has 4 N–H and O–H groups in total. The number of aliphatic hydroxyl groups excluding tert-OH is 1. The number of hydrogen-bond acceptors (Lipinski definition) is 3. The Morgan fingerprint density at radius 3 is 3.00 bits per heavy atom. The molecule has 0 radical (unpaired) electrons. The second-order valence-corrected chi connectivity index (χ2v) is 3.59. The molecule has 0 aromatic heterocycles. The molecule has 0 aromatic rings. The molecule has 1 saturated heterocycles. The number of nitrogens with one attached hydrogen (secondary N) is 1. The van der Waals surface area contributed by atoms with Crippen LogP contribution in [0.2, 0.25) is 0 Å². The highest BCUT2D eigenvalue weighted by atomic mass is 127. The number of nitrogens with zero attached hydrogens (tertiary/aromatic N) is 1. The Kier molecular flexibility index (Phi) is 8.07. The predicted molar refractivity (Wildman–Crippen MR) is 70.6 cm³/mol. The average Bonchev–Trinajstić information content (AvgIpc) is 2.63. The third-order valence-corrected chi connectivity index (χ3v) is 2.06. The van der Waals surface area contributed by atoms with Crippen molar-refractivity contribution in [2.75, 3.05) is 19.7 Å². The van der Waals surface area contributed by atoms with E-state index in [1.165, 1.54) is 0 Å². The van der Waals surface area contributed by atoms with Crippen LogP contribution in [0, 0.1) is 0 Å².